The van der Waals surface area contributed by atoms with Crippen LogP contribution in [0.25, 0.3) is 21.8 Å². The summed E-state index contributed by atoms with van der Waals surface area (Å²) in [6, 6.07) is 18.7. The third kappa shape index (κ3) is 3.49. The van der Waals surface area contributed by atoms with Gasteiger partial charge in [0, 0.05) is 40.3 Å². The van der Waals surface area contributed by atoms with E-state index in [4.69, 9.17) is 0 Å². The summed E-state index contributed by atoms with van der Waals surface area (Å²) >= 11 is 0. The molecule has 0 aliphatic rings. The second-order valence-corrected chi connectivity index (χ2v) is 10.5. The Morgan fingerprint density at radius 1 is 0.793 bits per heavy atom. The second-order valence-electron chi connectivity index (χ2n) is 6.85. The van der Waals surface area contributed by atoms with E-state index in [1.807, 2.05) is 36.4 Å². The van der Waals surface area contributed by atoms with E-state index in [0.717, 1.165) is 34.6 Å². The molecule has 6 nitrogen and oxygen atoms in total. The lowest BCUT2D eigenvalue weighted by atomic mass is 10.1. The molecule has 0 atom stereocenters. The first-order chi connectivity index (χ1) is 13.7. The van der Waals surface area contributed by atoms with E-state index in [-0.39, 0.29) is 9.79 Å². The molecule has 1 aromatic heterocycles. The SMILES string of the molecule is CCn1c2ccccc2c2cc(NS(=O)(=O)c3cccc(S(C)(=O)=O)c3)ccc21. The molecule has 0 saturated carbocycles. The number of sulfonamides is 1. The van der Waals surface area contributed by atoms with Crippen molar-refractivity contribution in [3.8, 4) is 0 Å². The molecule has 0 aliphatic heterocycles. The first-order valence-electron chi connectivity index (χ1n) is 9.04. The molecule has 0 aliphatic carbocycles. The van der Waals surface area contributed by atoms with Crippen molar-refractivity contribution in [2.24, 2.45) is 0 Å². The van der Waals surface area contributed by atoms with E-state index in [2.05, 4.69) is 16.2 Å². The van der Waals surface area contributed by atoms with Crippen molar-refractivity contribution in [2.45, 2.75) is 23.3 Å². The van der Waals surface area contributed by atoms with Gasteiger partial charge in [-0.2, -0.15) is 0 Å². The highest BCUT2D eigenvalue weighted by atomic mass is 32.2. The molecular weight excluding hydrogens is 408 g/mol. The van der Waals surface area contributed by atoms with Crippen LogP contribution in [0, 0.1) is 0 Å². The van der Waals surface area contributed by atoms with Gasteiger partial charge in [0.2, 0.25) is 0 Å². The van der Waals surface area contributed by atoms with Crippen LogP contribution in [0.3, 0.4) is 0 Å². The molecule has 0 amide bonds. The highest BCUT2D eigenvalue weighted by Crippen LogP contribution is 2.31. The van der Waals surface area contributed by atoms with Gasteiger partial charge in [0.1, 0.15) is 0 Å². The first-order valence-corrected chi connectivity index (χ1v) is 12.4. The molecular formula is C21H20N2O4S2. The maximum atomic E-state index is 12.8. The summed E-state index contributed by atoms with van der Waals surface area (Å²) in [5.41, 5.74) is 2.53. The summed E-state index contributed by atoms with van der Waals surface area (Å²) in [4.78, 5) is -0.140. The summed E-state index contributed by atoms with van der Waals surface area (Å²) in [6.07, 6.45) is 1.05. The fourth-order valence-corrected chi connectivity index (χ4v) is 5.38. The number of hydrogen-bond acceptors (Lipinski definition) is 4. The van der Waals surface area contributed by atoms with Crippen LogP contribution in [0.15, 0.2) is 76.5 Å². The molecule has 0 radical (unpaired) electrons. The number of aromatic nitrogens is 1. The normalized spacial score (nSPS) is 12.5. The maximum absolute atomic E-state index is 12.8. The largest absolute Gasteiger partial charge is 0.341 e. The number of nitrogens with zero attached hydrogens (tertiary/aromatic N) is 1. The molecule has 1 N–H and O–H groups in total. The van der Waals surface area contributed by atoms with Gasteiger partial charge in [-0.05, 0) is 49.4 Å². The Labute approximate surface area is 169 Å². The Morgan fingerprint density at radius 2 is 1.48 bits per heavy atom. The minimum atomic E-state index is -3.94. The Morgan fingerprint density at radius 3 is 2.21 bits per heavy atom. The number of rotatable bonds is 5. The molecule has 0 spiro atoms. The Hall–Kier alpha value is -2.84. The Balaban J connectivity index is 1.79. The van der Waals surface area contributed by atoms with E-state index in [1.54, 1.807) is 6.07 Å². The van der Waals surface area contributed by atoms with Gasteiger partial charge in [-0.3, -0.25) is 4.72 Å². The highest BCUT2D eigenvalue weighted by Gasteiger charge is 2.18. The van der Waals surface area contributed by atoms with E-state index >= 15 is 0 Å². The molecule has 3 aromatic carbocycles. The number of hydrogen-bond donors (Lipinski definition) is 1. The van der Waals surface area contributed by atoms with Crippen molar-refractivity contribution < 1.29 is 16.8 Å². The Bertz CT molecular complexity index is 1450. The topological polar surface area (TPSA) is 85.2 Å². The number of para-hydroxylation sites is 1. The third-order valence-corrected chi connectivity index (χ3v) is 7.37. The molecule has 0 fully saturated rings. The van der Waals surface area contributed by atoms with Crippen molar-refractivity contribution in [2.75, 3.05) is 11.0 Å². The number of fused-ring (bicyclic) bond motifs is 3. The van der Waals surface area contributed by atoms with Gasteiger partial charge < -0.3 is 4.57 Å². The maximum Gasteiger partial charge on any atom is 0.261 e. The summed E-state index contributed by atoms with van der Waals surface area (Å²) in [5, 5.41) is 2.00. The van der Waals surface area contributed by atoms with Crippen LogP contribution in [-0.4, -0.2) is 27.7 Å². The van der Waals surface area contributed by atoms with Gasteiger partial charge in [0.05, 0.1) is 9.79 Å². The average molecular weight is 429 g/mol. The zero-order valence-corrected chi connectivity index (χ0v) is 17.6. The van der Waals surface area contributed by atoms with Crippen LogP contribution in [-0.2, 0) is 26.4 Å². The molecule has 29 heavy (non-hydrogen) atoms. The molecule has 0 bridgehead atoms. The molecule has 1 heterocycles. The predicted molar refractivity (Wildman–Crippen MR) is 115 cm³/mol. The van der Waals surface area contributed by atoms with Crippen LogP contribution in [0.1, 0.15) is 6.92 Å². The van der Waals surface area contributed by atoms with Gasteiger partial charge in [0.15, 0.2) is 9.84 Å². The smallest absolute Gasteiger partial charge is 0.261 e. The van der Waals surface area contributed by atoms with Crippen molar-refractivity contribution in [1.29, 1.82) is 0 Å². The minimum Gasteiger partial charge on any atom is -0.341 e. The molecule has 0 unspecified atom stereocenters. The fraction of sp³-hybridized carbons (Fsp3) is 0.143. The first kappa shape index (κ1) is 19.5. The lowest BCUT2D eigenvalue weighted by Crippen LogP contribution is -2.13. The van der Waals surface area contributed by atoms with Crippen LogP contribution in [0.2, 0.25) is 0 Å². The van der Waals surface area contributed by atoms with Crippen LogP contribution in [0.5, 0.6) is 0 Å². The van der Waals surface area contributed by atoms with Crippen molar-refractivity contribution in [1.82, 2.24) is 4.57 Å². The standard InChI is InChI=1S/C21H20N2O4S2/c1-3-23-20-10-5-4-9-18(20)19-13-15(11-12-21(19)23)22-29(26,27)17-8-6-7-16(14-17)28(2,24)25/h4-14,22H,3H2,1-2H3. The molecule has 150 valence electrons. The molecule has 0 saturated heterocycles. The summed E-state index contributed by atoms with van der Waals surface area (Å²) < 4.78 is 53.9. The van der Waals surface area contributed by atoms with E-state index in [1.165, 1.54) is 24.3 Å². The molecule has 4 rings (SSSR count). The van der Waals surface area contributed by atoms with Gasteiger partial charge in [-0.25, -0.2) is 16.8 Å². The zero-order valence-electron chi connectivity index (χ0n) is 16.0. The predicted octanol–water partition coefficient (Wildman–Crippen LogP) is 4.02. The summed E-state index contributed by atoms with van der Waals surface area (Å²) in [5.74, 6) is 0. The van der Waals surface area contributed by atoms with Gasteiger partial charge in [0.25, 0.3) is 10.0 Å². The van der Waals surface area contributed by atoms with E-state index < -0.39 is 19.9 Å². The number of sulfone groups is 1. The number of aryl methyl sites for hydroxylation is 1. The average Bonchev–Trinajstić information content (AvgIpc) is 3.00. The van der Waals surface area contributed by atoms with Crippen molar-refractivity contribution in [3.63, 3.8) is 0 Å². The van der Waals surface area contributed by atoms with Gasteiger partial charge in [-0.15, -0.1) is 0 Å². The highest BCUT2D eigenvalue weighted by molar-refractivity contribution is 7.93. The molecule has 4 aromatic rings. The number of benzene rings is 3. The zero-order chi connectivity index (χ0) is 20.8. The van der Waals surface area contributed by atoms with E-state index in [0.29, 0.717) is 5.69 Å². The molecule has 8 heteroatoms. The van der Waals surface area contributed by atoms with Gasteiger partial charge >= 0.3 is 0 Å². The van der Waals surface area contributed by atoms with Gasteiger partial charge in [-0.1, -0.05) is 24.3 Å². The van der Waals surface area contributed by atoms with Crippen molar-refractivity contribution >= 4 is 47.4 Å². The quantitative estimate of drug-likeness (QED) is 0.520. The van der Waals surface area contributed by atoms with Crippen LogP contribution >= 0.6 is 0 Å². The second kappa shape index (κ2) is 6.89. The lowest BCUT2D eigenvalue weighted by Gasteiger charge is -2.10. The summed E-state index contributed by atoms with van der Waals surface area (Å²) in [7, 11) is -7.44. The van der Waals surface area contributed by atoms with Crippen LogP contribution in [0.4, 0.5) is 5.69 Å². The number of anilines is 1. The minimum absolute atomic E-state index is 0.0400. The van der Waals surface area contributed by atoms with Crippen LogP contribution < -0.4 is 4.72 Å². The number of nitrogens with one attached hydrogen (secondary N) is 1. The van der Waals surface area contributed by atoms with E-state index in [9.17, 15) is 16.8 Å². The third-order valence-electron chi connectivity index (χ3n) is 4.88. The fourth-order valence-electron chi connectivity index (χ4n) is 3.54. The summed E-state index contributed by atoms with van der Waals surface area (Å²) in [6.45, 7) is 2.87. The Kier molecular flexibility index (Phi) is 4.63. The van der Waals surface area contributed by atoms with Crippen molar-refractivity contribution in [3.05, 3.63) is 66.7 Å². The monoisotopic (exact) mass is 428 g/mol. The lowest BCUT2D eigenvalue weighted by molar-refractivity contribution is 0.599.